The van der Waals surface area contributed by atoms with Crippen LogP contribution in [-0.2, 0) is 22.6 Å². The van der Waals surface area contributed by atoms with Crippen molar-refractivity contribution >= 4 is 23.4 Å². The van der Waals surface area contributed by atoms with Crippen LogP contribution in [0.1, 0.15) is 55.0 Å². The van der Waals surface area contributed by atoms with Crippen LogP contribution in [0.3, 0.4) is 0 Å². The van der Waals surface area contributed by atoms with Gasteiger partial charge in [-0.05, 0) is 43.4 Å². The first-order valence-electron chi connectivity index (χ1n) is 17.4. The van der Waals surface area contributed by atoms with Gasteiger partial charge in [0.05, 0.1) is 42.4 Å². The Bertz CT molecular complexity index is 2040. The molecule has 0 radical (unpaired) electrons. The molecule has 3 saturated heterocycles. The fraction of sp³-hybridized carbons (Fsp3) is 0.395. The summed E-state index contributed by atoms with van der Waals surface area (Å²) >= 11 is 7.08. The molecule has 0 saturated carbocycles. The number of fused-ring (bicyclic) bond motifs is 1. The summed E-state index contributed by atoms with van der Waals surface area (Å²) in [6.07, 6.45) is 6.09. The average molecular weight is 712 g/mol. The van der Waals surface area contributed by atoms with Crippen LogP contribution in [-0.4, -0.2) is 77.1 Å². The number of pyridine rings is 1. The zero-order valence-corrected chi connectivity index (χ0v) is 29.3. The normalized spacial score (nSPS) is 20.6. The van der Waals surface area contributed by atoms with Gasteiger partial charge in [0.2, 0.25) is 23.6 Å². The molecule has 3 aliphatic heterocycles. The number of hydrogen-bond donors (Lipinski definition) is 3. The molecule has 8 rings (SSSR count). The van der Waals surface area contributed by atoms with Crippen LogP contribution in [0.5, 0.6) is 11.8 Å². The van der Waals surface area contributed by atoms with E-state index in [1.54, 1.807) is 37.6 Å². The number of carbonyl (C=O) groups is 2. The number of likely N-dealkylation sites (tertiary alicyclic amines) is 1. The van der Waals surface area contributed by atoms with Crippen LogP contribution in [0.25, 0.3) is 33.6 Å². The summed E-state index contributed by atoms with van der Waals surface area (Å²) in [6, 6.07) is 12.9. The van der Waals surface area contributed by atoms with Gasteiger partial charge >= 0.3 is 0 Å². The highest BCUT2D eigenvalue weighted by Crippen LogP contribution is 2.43. The van der Waals surface area contributed by atoms with Crippen molar-refractivity contribution in [3.05, 3.63) is 76.3 Å². The van der Waals surface area contributed by atoms with Crippen LogP contribution >= 0.6 is 11.6 Å². The van der Waals surface area contributed by atoms with Gasteiger partial charge in [-0.3, -0.25) is 19.5 Å². The number of ether oxygens (including phenoxy) is 2. The van der Waals surface area contributed by atoms with Gasteiger partial charge in [-0.25, -0.2) is 14.4 Å². The third kappa shape index (κ3) is 6.30. The van der Waals surface area contributed by atoms with E-state index in [-0.39, 0.29) is 35.0 Å². The van der Waals surface area contributed by atoms with Crippen molar-refractivity contribution < 1.29 is 23.5 Å². The Morgan fingerprint density at radius 2 is 1.69 bits per heavy atom. The third-order valence-corrected chi connectivity index (χ3v) is 11.0. The third-order valence-electron chi connectivity index (χ3n) is 10.6. The van der Waals surface area contributed by atoms with Gasteiger partial charge in [-0.2, -0.15) is 0 Å². The number of aryl methyl sites for hydroxylation is 1. The topological polar surface area (TPSA) is 131 Å². The Balaban J connectivity index is 1.04. The van der Waals surface area contributed by atoms with Gasteiger partial charge in [0.25, 0.3) is 0 Å². The highest BCUT2D eigenvalue weighted by atomic mass is 35.5. The molecule has 1 spiro atoms. The number of halogens is 2. The van der Waals surface area contributed by atoms with Crippen LogP contribution in [0.2, 0.25) is 5.02 Å². The summed E-state index contributed by atoms with van der Waals surface area (Å²) in [5.41, 5.74) is 5.43. The SMILES string of the molecule is COc1nc(-c2cccc(-c3cccc(-c4cc5c(c(OC)n4)C(NCC4CCC(=O)N4)CC5)c3Cl)c2F)cnc1CN1CC2(CCC(=O)N2)C1. The van der Waals surface area contributed by atoms with Crippen molar-refractivity contribution in [1.29, 1.82) is 0 Å². The van der Waals surface area contributed by atoms with Crippen LogP contribution in [0.15, 0.2) is 48.7 Å². The molecule has 2 aromatic heterocycles. The molecule has 4 aliphatic rings. The van der Waals surface area contributed by atoms with Crippen molar-refractivity contribution in [2.45, 2.75) is 62.7 Å². The summed E-state index contributed by atoms with van der Waals surface area (Å²) in [5, 5.41) is 10.1. The Hall–Kier alpha value is -4.65. The standard InChI is InChI=1S/C38H39ClFN7O4/c1-50-36-30(18-47-19-38(20-47)14-13-32(49)46-38)42-17-29(45-36)26-8-4-6-24(35(26)40)23-5-3-7-25(34(23)39)28-15-21-9-11-27(33(21)37(44-28)51-2)41-16-22-10-12-31(48)43-22/h3-8,15,17,22,27,41H,9-14,16,18-20H2,1-2H3,(H,43,48)(H,46,49). The Morgan fingerprint density at radius 1 is 0.941 bits per heavy atom. The van der Waals surface area contributed by atoms with Gasteiger partial charge in [0, 0.05) is 78.9 Å². The number of nitrogens with one attached hydrogen (secondary N) is 3. The van der Waals surface area contributed by atoms with E-state index in [0.29, 0.717) is 76.5 Å². The number of hydrogen-bond acceptors (Lipinski definition) is 9. The molecule has 11 nitrogen and oxygen atoms in total. The monoisotopic (exact) mass is 711 g/mol. The second-order valence-corrected chi connectivity index (χ2v) is 14.3. The highest BCUT2D eigenvalue weighted by molar-refractivity contribution is 6.36. The number of nitrogens with zero attached hydrogens (tertiary/aromatic N) is 4. The number of amides is 2. The Kier molecular flexibility index (Phi) is 8.85. The molecule has 3 N–H and O–H groups in total. The lowest BCUT2D eigenvalue weighted by atomic mass is 9.88. The van der Waals surface area contributed by atoms with Crippen molar-refractivity contribution in [1.82, 2.24) is 35.8 Å². The van der Waals surface area contributed by atoms with E-state index in [4.69, 9.17) is 26.1 Å². The predicted octanol–water partition coefficient (Wildman–Crippen LogP) is 5.00. The fourth-order valence-electron chi connectivity index (χ4n) is 8.04. The maximum Gasteiger partial charge on any atom is 0.237 e. The fourth-order valence-corrected chi connectivity index (χ4v) is 8.36. The summed E-state index contributed by atoms with van der Waals surface area (Å²) in [6.45, 7) is 2.69. The lowest BCUT2D eigenvalue weighted by Gasteiger charge is -2.47. The average Bonchev–Trinajstić information content (AvgIpc) is 3.85. The molecular formula is C38H39ClFN7O4. The van der Waals surface area contributed by atoms with E-state index >= 15 is 4.39 Å². The van der Waals surface area contributed by atoms with E-state index in [0.717, 1.165) is 49.9 Å². The largest absolute Gasteiger partial charge is 0.481 e. The van der Waals surface area contributed by atoms with Crippen molar-refractivity contribution in [2.75, 3.05) is 33.9 Å². The van der Waals surface area contributed by atoms with Gasteiger partial charge in [-0.15, -0.1) is 0 Å². The van der Waals surface area contributed by atoms with Crippen LogP contribution in [0.4, 0.5) is 4.39 Å². The van der Waals surface area contributed by atoms with E-state index in [9.17, 15) is 9.59 Å². The highest BCUT2D eigenvalue weighted by Gasteiger charge is 2.47. The van der Waals surface area contributed by atoms with E-state index in [1.165, 1.54) is 7.11 Å². The van der Waals surface area contributed by atoms with Crippen LogP contribution in [0, 0.1) is 5.82 Å². The van der Waals surface area contributed by atoms with Crippen LogP contribution < -0.4 is 25.4 Å². The van der Waals surface area contributed by atoms with E-state index in [1.807, 2.05) is 18.2 Å². The number of benzene rings is 2. The quantitative estimate of drug-likeness (QED) is 0.208. The summed E-state index contributed by atoms with van der Waals surface area (Å²) in [4.78, 5) is 39.7. The second kappa shape index (κ2) is 13.5. The minimum absolute atomic E-state index is 0.0624. The first kappa shape index (κ1) is 33.5. The Labute approximate surface area is 300 Å². The summed E-state index contributed by atoms with van der Waals surface area (Å²) in [7, 11) is 3.14. The first-order chi connectivity index (χ1) is 24.7. The molecule has 13 heteroatoms. The van der Waals surface area contributed by atoms with Crippen molar-refractivity contribution in [2.24, 2.45) is 0 Å². The van der Waals surface area contributed by atoms with Gasteiger partial charge in [-0.1, -0.05) is 41.9 Å². The maximum atomic E-state index is 16.4. The van der Waals surface area contributed by atoms with E-state index < -0.39 is 5.82 Å². The summed E-state index contributed by atoms with van der Waals surface area (Å²) < 4.78 is 27.8. The molecule has 3 fully saturated rings. The second-order valence-electron chi connectivity index (χ2n) is 13.9. The maximum absolute atomic E-state index is 16.4. The number of rotatable bonds is 10. The molecule has 4 aromatic rings. The molecule has 2 aromatic carbocycles. The molecule has 2 unspecified atom stereocenters. The number of carbonyl (C=O) groups excluding carboxylic acids is 2. The minimum atomic E-state index is -0.478. The molecule has 0 bridgehead atoms. The van der Waals surface area contributed by atoms with Crippen molar-refractivity contribution in [3.8, 4) is 45.4 Å². The molecule has 2 amide bonds. The zero-order chi connectivity index (χ0) is 35.3. The van der Waals surface area contributed by atoms with Gasteiger partial charge < -0.3 is 25.4 Å². The first-order valence-corrected chi connectivity index (χ1v) is 17.7. The van der Waals surface area contributed by atoms with Gasteiger partial charge in [0.1, 0.15) is 11.5 Å². The Morgan fingerprint density at radius 3 is 2.41 bits per heavy atom. The zero-order valence-electron chi connectivity index (χ0n) is 28.5. The van der Waals surface area contributed by atoms with Crippen molar-refractivity contribution in [3.63, 3.8) is 0 Å². The lowest BCUT2D eigenvalue weighted by Crippen LogP contribution is -2.66. The lowest BCUT2D eigenvalue weighted by molar-refractivity contribution is -0.121. The minimum Gasteiger partial charge on any atom is -0.481 e. The molecule has 5 heterocycles. The number of methoxy groups -OCH3 is 2. The molecule has 1 aliphatic carbocycles. The predicted molar refractivity (Wildman–Crippen MR) is 190 cm³/mol. The molecular weight excluding hydrogens is 673 g/mol. The summed E-state index contributed by atoms with van der Waals surface area (Å²) in [5.74, 6) is 0.574. The van der Waals surface area contributed by atoms with E-state index in [2.05, 4.69) is 30.8 Å². The smallest absolute Gasteiger partial charge is 0.237 e. The molecule has 2 atom stereocenters. The number of aromatic nitrogens is 3. The van der Waals surface area contributed by atoms with Gasteiger partial charge in [0.15, 0.2) is 0 Å². The molecule has 51 heavy (non-hydrogen) atoms. The molecule has 264 valence electrons.